The van der Waals surface area contributed by atoms with Gasteiger partial charge in [-0.2, -0.15) is 0 Å². The Hall–Kier alpha value is -1.46. The molecule has 1 aliphatic heterocycles. The molecule has 0 radical (unpaired) electrons. The molecule has 1 aliphatic rings. The Morgan fingerprint density at radius 2 is 2.32 bits per heavy atom. The summed E-state index contributed by atoms with van der Waals surface area (Å²) in [5.41, 5.74) is 3.38. The number of likely N-dealkylation sites (tertiary alicyclic amines) is 1. The maximum absolute atomic E-state index is 5.24. The summed E-state index contributed by atoms with van der Waals surface area (Å²) in [6, 6.07) is 6.43. The average Bonchev–Trinajstić information content (AvgIpc) is 2.98. The quantitative estimate of drug-likeness (QED) is 0.834. The monoisotopic (exact) mass is 260 g/mol. The third-order valence-electron chi connectivity index (χ3n) is 3.85. The van der Waals surface area contributed by atoms with Crippen LogP contribution in [-0.2, 0) is 18.3 Å². The van der Waals surface area contributed by atoms with Crippen molar-refractivity contribution >= 4 is 11.0 Å². The van der Waals surface area contributed by atoms with Crippen molar-refractivity contribution in [2.24, 2.45) is 13.0 Å². The summed E-state index contributed by atoms with van der Waals surface area (Å²) in [5.74, 6) is 0.685. The van der Waals surface area contributed by atoms with Gasteiger partial charge < -0.3 is 4.74 Å². The molecule has 1 atom stereocenters. The fourth-order valence-electron chi connectivity index (χ4n) is 2.87. The summed E-state index contributed by atoms with van der Waals surface area (Å²) in [7, 11) is 3.70. The van der Waals surface area contributed by atoms with Crippen molar-refractivity contribution in [3.63, 3.8) is 0 Å². The molecule has 1 unspecified atom stereocenters. The number of methoxy groups -OCH3 is 1. The molecular formula is C14H20N4O. The lowest BCUT2D eigenvalue weighted by Gasteiger charge is -2.15. The number of hydrogen-bond acceptors (Lipinski definition) is 4. The number of benzene rings is 1. The fourth-order valence-corrected chi connectivity index (χ4v) is 2.87. The van der Waals surface area contributed by atoms with E-state index < -0.39 is 0 Å². The van der Waals surface area contributed by atoms with Gasteiger partial charge in [0.2, 0.25) is 0 Å². The lowest BCUT2D eigenvalue weighted by molar-refractivity contribution is 0.152. The molecule has 2 aromatic rings. The van der Waals surface area contributed by atoms with Crippen LogP contribution in [0.3, 0.4) is 0 Å². The average molecular weight is 260 g/mol. The predicted octanol–water partition coefficient (Wildman–Crippen LogP) is 1.44. The number of rotatable bonds is 4. The molecule has 1 aromatic carbocycles. The second kappa shape index (κ2) is 5.27. The third-order valence-corrected chi connectivity index (χ3v) is 3.85. The van der Waals surface area contributed by atoms with E-state index in [1.54, 1.807) is 7.11 Å². The largest absolute Gasteiger partial charge is 0.384 e. The third kappa shape index (κ3) is 2.62. The topological polar surface area (TPSA) is 43.2 Å². The highest BCUT2D eigenvalue weighted by atomic mass is 16.5. The Morgan fingerprint density at radius 3 is 3.16 bits per heavy atom. The van der Waals surface area contributed by atoms with Crippen molar-refractivity contribution < 1.29 is 4.74 Å². The molecule has 0 aliphatic carbocycles. The Bertz CT molecular complexity index is 566. The summed E-state index contributed by atoms with van der Waals surface area (Å²) in [6.07, 6.45) is 1.24. The van der Waals surface area contributed by atoms with Gasteiger partial charge in [-0.25, -0.2) is 4.68 Å². The first-order valence-corrected chi connectivity index (χ1v) is 6.76. The lowest BCUT2D eigenvalue weighted by atomic mass is 10.1. The summed E-state index contributed by atoms with van der Waals surface area (Å²) in [4.78, 5) is 2.49. The van der Waals surface area contributed by atoms with Crippen molar-refractivity contribution in [3.05, 3.63) is 23.8 Å². The van der Waals surface area contributed by atoms with Gasteiger partial charge in [0, 0.05) is 27.2 Å². The molecule has 0 saturated carbocycles. The number of fused-ring (bicyclic) bond motifs is 1. The van der Waals surface area contributed by atoms with Gasteiger partial charge >= 0.3 is 0 Å². The van der Waals surface area contributed by atoms with Crippen molar-refractivity contribution in [2.45, 2.75) is 13.0 Å². The van der Waals surface area contributed by atoms with Gasteiger partial charge in [-0.3, -0.25) is 4.90 Å². The minimum Gasteiger partial charge on any atom is -0.384 e. The molecule has 3 rings (SSSR count). The Labute approximate surface area is 113 Å². The molecule has 5 nitrogen and oxygen atoms in total. The summed E-state index contributed by atoms with van der Waals surface area (Å²) < 4.78 is 7.05. The van der Waals surface area contributed by atoms with E-state index in [4.69, 9.17) is 4.74 Å². The van der Waals surface area contributed by atoms with E-state index in [2.05, 4.69) is 33.4 Å². The second-order valence-electron chi connectivity index (χ2n) is 5.38. The SMILES string of the molecule is COCC1CCN(Cc2ccc3c(c2)nnn3C)C1. The predicted molar refractivity (Wildman–Crippen MR) is 73.8 cm³/mol. The molecule has 0 N–H and O–H groups in total. The molecule has 0 amide bonds. The summed E-state index contributed by atoms with van der Waals surface area (Å²) in [6.45, 7) is 4.16. The highest BCUT2D eigenvalue weighted by molar-refractivity contribution is 5.74. The van der Waals surface area contributed by atoms with Gasteiger partial charge in [0.25, 0.3) is 0 Å². The Morgan fingerprint density at radius 1 is 1.42 bits per heavy atom. The zero-order valence-corrected chi connectivity index (χ0v) is 11.5. The first-order valence-electron chi connectivity index (χ1n) is 6.76. The van der Waals surface area contributed by atoms with Crippen LogP contribution in [0.4, 0.5) is 0 Å². The van der Waals surface area contributed by atoms with Crippen molar-refractivity contribution in [1.82, 2.24) is 19.9 Å². The molecule has 102 valence electrons. The first kappa shape index (κ1) is 12.6. The van der Waals surface area contributed by atoms with Crippen LogP contribution in [0, 0.1) is 5.92 Å². The van der Waals surface area contributed by atoms with E-state index in [0.717, 1.165) is 37.3 Å². The Balaban J connectivity index is 1.68. The highest BCUT2D eigenvalue weighted by Gasteiger charge is 2.22. The molecular weight excluding hydrogens is 240 g/mol. The van der Waals surface area contributed by atoms with Crippen LogP contribution in [0.1, 0.15) is 12.0 Å². The number of nitrogens with zero attached hydrogens (tertiary/aromatic N) is 4. The molecule has 0 bridgehead atoms. The van der Waals surface area contributed by atoms with Gasteiger partial charge in [-0.05, 0) is 36.6 Å². The first-order chi connectivity index (χ1) is 9.26. The van der Waals surface area contributed by atoms with Crippen LogP contribution in [0.5, 0.6) is 0 Å². The summed E-state index contributed by atoms with van der Waals surface area (Å²) in [5, 5.41) is 8.21. The molecule has 0 spiro atoms. The van der Waals surface area contributed by atoms with Crippen LogP contribution in [-0.4, -0.2) is 46.7 Å². The minimum absolute atomic E-state index is 0.685. The van der Waals surface area contributed by atoms with Gasteiger partial charge in [-0.1, -0.05) is 11.3 Å². The van der Waals surface area contributed by atoms with Crippen molar-refractivity contribution in [1.29, 1.82) is 0 Å². The normalized spacial score (nSPS) is 20.4. The maximum atomic E-state index is 5.24. The molecule has 1 fully saturated rings. The van der Waals surface area contributed by atoms with Crippen LogP contribution in [0.25, 0.3) is 11.0 Å². The second-order valence-corrected chi connectivity index (χ2v) is 5.38. The highest BCUT2D eigenvalue weighted by Crippen LogP contribution is 2.20. The molecule has 2 heterocycles. The van der Waals surface area contributed by atoms with Crippen LogP contribution in [0.15, 0.2) is 18.2 Å². The lowest BCUT2D eigenvalue weighted by Crippen LogP contribution is -2.21. The van der Waals surface area contributed by atoms with Crippen molar-refractivity contribution in [2.75, 3.05) is 26.8 Å². The van der Waals surface area contributed by atoms with Gasteiger partial charge in [0.05, 0.1) is 12.1 Å². The number of hydrogen-bond donors (Lipinski definition) is 0. The van der Waals surface area contributed by atoms with E-state index in [1.807, 2.05) is 11.7 Å². The fraction of sp³-hybridized carbons (Fsp3) is 0.571. The molecule has 1 saturated heterocycles. The zero-order chi connectivity index (χ0) is 13.2. The number of aryl methyl sites for hydroxylation is 1. The van der Waals surface area contributed by atoms with Crippen LogP contribution in [0.2, 0.25) is 0 Å². The molecule has 1 aromatic heterocycles. The van der Waals surface area contributed by atoms with E-state index in [-0.39, 0.29) is 0 Å². The van der Waals surface area contributed by atoms with Gasteiger partial charge in [0.1, 0.15) is 5.52 Å². The number of aromatic nitrogens is 3. The van der Waals surface area contributed by atoms with E-state index in [9.17, 15) is 0 Å². The van der Waals surface area contributed by atoms with E-state index in [0.29, 0.717) is 5.92 Å². The summed E-state index contributed by atoms with van der Waals surface area (Å²) >= 11 is 0. The standard InChI is InChI=1S/C14H20N4O/c1-17-14-4-3-11(7-13(14)15-16-17)8-18-6-5-12(9-18)10-19-2/h3-4,7,12H,5-6,8-10H2,1-2H3. The van der Waals surface area contributed by atoms with Crippen LogP contribution < -0.4 is 0 Å². The maximum Gasteiger partial charge on any atom is 0.113 e. The minimum atomic E-state index is 0.685. The van der Waals surface area contributed by atoms with Gasteiger partial charge in [0.15, 0.2) is 0 Å². The van der Waals surface area contributed by atoms with E-state index >= 15 is 0 Å². The smallest absolute Gasteiger partial charge is 0.113 e. The molecule has 5 heteroatoms. The number of ether oxygens (including phenoxy) is 1. The van der Waals surface area contributed by atoms with Crippen molar-refractivity contribution in [3.8, 4) is 0 Å². The molecule has 19 heavy (non-hydrogen) atoms. The Kier molecular flexibility index (Phi) is 3.48. The zero-order valence-electron chi connectivity index (χ0n) is 11.5. The van der Waals surface area contributed by atoms with E-state index in [1.165, 1.54) is 12.0 Å². The van der Waals surface area contributed by atoms with Gasteiger partial charge in [-0.15, -0.1) is 5.10 Å². The van der Waals surface area contributed by atoms with Crippen LogP contribution >= 0.6 is 0 Å².